The van der Waals surface area contributed by atoms with Gasteiger partial charge in [-0.25, -0.2) is 0 Å². The average Bonchev–Trinajstić information content (AvgIpc) is 2.76. The standard InChI is InChI=1S/C23H20ClNO4/c24-20-7-4-8-21(15-20)28-13-14-29-22(26)16-25-23(27)19-11-9-18(10-12-19)17-5-2-1-3-6-17/h1-12,15H,13-14,16H2,(H,25,27). The summed E-state index contributed by atoms with van der Waals surface area (Å²) in [6.07, 6.45) is 0. The van der Waals surface area contributed by atoms with Gasteiger partial charge < -0.3 is 14.8 Å². The van der Waals surface area contributed by atoms with Gasteiger partial charge in [0.05, 0.1) is 0 Å². The van der Waals surface area contributed by atoms with Gasteiger partial charge in [0.25, 0.3) is 5.91 Å². The molecule has 3 aromatic rings. The molecule has 0 fully saturated rings. The fraction of sp³-hybridized carbons (Fsp3) is 0.130. The Morgan fingerprint density at radius 2 is 1.55 bits per heavy atom. The second kappa shape index (κ2) is 10.3. The highest BCUT2D eigenvalue weighted by Gasteiger charge is 2.09. The maximum atomic E-state index is 12.2. The molecule has 5 nitrogen and oxygen atoms in total. The SMILES string of the molecule is O=C(CNC(=O)c1ccc(-c2ccccc2)cc1)OCCOc1cccc(Cl)c1. The molecule has 0 heterocycles. The molecule has 0 saturated carbocycles. The van der Waals surface area contributed by atoms with Crippen molar-refractivity contribution >= 4 is 23.5 Å². The summed E-state index contributed by atoms with van der Waals surface area (Å²) >= 11 is 5.86. The number of amides is 1. The fourth-order valence-electron chi connectivity index (χ4n) is 2.62. The van der Waals surface area contributed by atoms with Gasteiger partial charge in [-0.15, -0.1) is 0 Å². The summed E-state index contributed by atoms with van der Waals surface area (Å²) < 4.78 is 10.5. The highest BCUT2D eigenvalue weighted by molar-refractivity contribution is 6.30. The van der Waals surface area contributed by atoms with E-state index in [2.05, 4.69) is 5.32 Å². The Hall–Kier alpha value is -3.31. The van der Waals surface area contributed by atoms with Crippen molar-refractivity contribution in [3.63, 3.8) is 0 Å². The van der Waals surface area contributed by atoms with Crippen LogP contribution in [0.25, 0.3) is 11.1 Å². The van der Waals surface area contributed by atoms with E-state index in [4.69, 9.17) is 21.1 Å². The molecule has 1 amide bonds. The predicted molar refractivity (Wildman–Crippen MR) is 112 cm³/mol. The van der Waals surface area contributed by atoms with Gasteiger partial charge in [0.15, 0.2) is 0 Å². The van der Waals surface area contributed by atoms with Crippen molar-refractivity contribution in [1.29, 1.82) is 0 Å². The second-order valence-electron chi connectivity index (χ2n) is 6.15. The molecule has 0 saturated heterocycles. The lowest BCUT2D eigenvalue weighted by Crippen LogP contribution is -2.31. The molecule has 0 aliphatic heterocycles. The minimum atomic E-state index is -0.533. The van der Waals surface area contributed by atoms with E-state index in [9.17, 15) is 9.59 Å². The molecule has 0 aromatic heterocycles. The van der Waals surface area contributed by atoms with E-state index in [1.807, 2.05) is 42.5 Å². The van der Waals surface area contributed by atoms with Crippen molar-refractivity contribution in [2.45, 2.75) is 0 Å². The largest absolute Gasteiger partial charge is 0.490 e. The number of benzene rings is 3. The van der Waals surface area contributed by atoms with E-state index in [1.165, 1.54) is 0 Å². The summed E-state index contributed by atoms with van der Waals surface area (Å²) in [6, 6.07) is 24.0. The van der Waals surface area contributed by atoms with Gasteiger partial charge in [0.1, 0.15) is 25.5 Å². The molecule has 29 heavy (non-hydrogen) atoms. The Morgan fingerprint density at radius 3 is 2.28 bits per heavy atom. The van der Waals surface area contributed by atoms with Crippen LogP contribution in [0.1, 0.15) is 10.4 Å². The smallest absolute Gasteiger partial charge is 0.325 e. The van der Waals surface area contributed by atoms with Crippen molar-refractivity contribution in [1.82, 2.24) is 5.32 Å². The average molecular weight is 410 g/mol. The van der Waals surface area contributed by atoms with Crippen LogP contribution in [0.3, 0.4) is 0 Å². The number of carbonyl (C=O) groups excluding carboxylic acids is 2. The predicted octanol–water partition coefficient (Wildman–Crippen LogP) is 4.36. The first kappa shape index (κ1) is 20.4. The Kier molecular flexibility index (Phi) is 7.25. The molecule has 0 bridgehead atoms. The zero-order valence-electron chi connectivity index (χ0n) is 15.6. The van der Waals surface area contributed by atoms with E-state index in [1.54, 1.807) is 36.4 Å². The molecule has 0 atom stereocenters. The van der Waals surface area contributed by atoms with Crippen LogP contribution in [-0.4, -0.2) is 31.6 Å². The van der Waals surface area contributed by atoms with Crippen LogP contribution in [-0.2, 0) is 9.53 Å². The molecule has 0 radical (unpaired) electrons. The number of ether oxygens (including phenoxy) is 2. The van der Waals surface area contributed by atoms with Crippen LogP contribution in [0.5, 0.6) is 5.75 Å². The molecule has 148 valence electrons. The van der Waals surface area contributed by atoms with Crippen molar-refractivity contribution in [2.24, 2.45) is 0 Å². The Balaban J connectivity index is 1.39. The lowest BCUT2D eigenvalue weighted by atomic mass is 10.0. The van der Waals surface area contributed by atoms with Gasteiger partial charge in [-0.3, -0.25) is 9.59 Å². The molecule has 0 spiro atoms. The quantitative estimate of drug-likeness (QED) is 0.443. The van der Waals surface area contributed by atoms with Crippen molar-refractivity contribution in [3.05, 3.63) is 89.4 Å². The monoisotopic (exact) mass is 409 g/mol. The van der Waals surface area contributed by atoms with E-state index in [0.717, 1.165) is 11.1 Å². The van der Waals surface area contributed by atoms with Gasteiger partial charge in [-0.05, 0) is 41.5 Å². The normalized spacial score (nSPS) is 10.2. The van der Waals surface area contributed by atoms with E-state index in [-0.39, 0.29) is 25.7 Å². The van der Waals surface area contributed by atoms with Gasteiger partial charge in [-0.2, -0.15) is 0 Å². The third-order valence-electron chi connectivity index (χ3n) is 4.06. The first-order chi connectivity index (χ1) is 14.1. The van der Waals surface area contributed by atoms with Crippen LogP contribution in [0, 0.1) is 0 Å². The fourth-order valence-corrected chi connectivity index (χ4v) is 2.80. The highest BCUT2D eigenvalue weighted by Crippen LogP contribution is 2.19. The molecule has 3 aromatic carbocycles. The summed E-state index contributed by atoms with van der Waals surface area (Å²) in [6.45, 7) is 0.0599. The first-order valence-electron chi connectivity index (χ1n) is 9.09. The zero-order chi connectivity index (χ0) is 20.5. The van der Waals surface area contributed by atoms with E-state index < -0.39 is 5.97 Å². The first-order valence-corrected chi connectivity index (χ1v) is 9.47. The molecular weight excluding hydrogens is 390 g/mol. The summed E-state index contributed by atoms with van der Waals surface area (Å²) in [5, 5.41) is 3.12. The topological polar surface area (TPSA) is 64.6 Å². The molecule has 0 aliphatic rings. The lowest BCUT2D eigenvalue weighted by molar-refractivity contribution is -0.143. The van der Waals surface area contributed by atoms with Gasteiger partial charge in [0, 0.05) is 10.6 Å². The third-order valence-corrected chi connectivity index (χ3v) is 4.29. The minimum Gasteiger partial charge on any atom is -0.490 e. The molecule has 3 rings (SSSR count). The second-order valence-corrected chi connectivity index (χ2v) is 6.59. The maximum absolute atomic E-state index is 12.2. The van der Waals surface area contributed by atoms with E-state index >= 15 is 0 Å². The van der Waals surface area contributed by atoms with Crippen LogP contribution < -0.4 is 10.1 Å². The van der Waals surface area contributed by atoms with Crippen LogP contribution in [0.4, 0.5) is 0 Å². The van der Waals surface area contributed by atoms with Crippen LogP contribution in [0.15, 0.2) is 78.9 Å². The van der Waals surface area contributed by atoms with Gasteiger partial charge in [0.2, 0.25) is 0 Å². The summed E-state index contributed by atoms with van der Waals surface area (Å²) in [7, 11) is 0. The maximum Gasteiger partial charge on any atom is 0.325 e. The van der Waals surface area contributed by atoms with Crippen molar-refractivity contribution < 1.29 is 19.1 Å². The minimum absolute atomic E-state index is 0.0764. The number of rotatable bonds is 8. The van der Waals surface area contributed by atoms with Crippen LogP contribution >= 0.6 is 11.6 Å². The van der Waals surface area contributed by atoms with Gasteiger partial charge >= 0.3 is 5.97 Å². The number of hydrogen-bond donors (Lipinski definition) is 1. The number of carbonyl (C=O) groups is 2. The number of hydrogen-bond acceptors (Lipinski definition) is 4. The van der Waals surface area contributed by atoms with E-state index in [0.29, 0.717) is 16.3 Å². The molecule has 6 heteroatoms. The third kappa shape index (κ3) is 6.36. The summed E-state index contributed by atoms with van der Waals surface area (Å²) in [5.41, 5.74) is 2.56. The van der Waals surface area contributed by atoms with Gasteiger partial charge in [-0.1, -0.05) is 60.1 Å². The molecule has 1 N–H and O–H groups in total. The number of nitrogens with one attached hydrogen (secondary N) is 1. The van der Waals surface area contributed by atoms with Crippen molar-refractivity contribution in [2.75, 3.05) is 19.8 Å². The Labute approximate surface area is 174 Å². The zero-order valence-corrected chi connectivity index (χ0v) is 16.4. The molecule has 0 unspecified atom stereocenters. The Morgan fingerprint density at radius 1 is 0.828 bits per heavy atom. The Bertz CT molecular complexity index is 958. The molecular formula is C23H20ClNO4. The summed E-state index contributed by atoms with van der Waals surface area (Å²) in [4.78, 5) is 24.0. The summed E-state index contributed by atoms with van der Waals surface area (Å²) in [5.74, 6) is -0.272. The number of halogens is 1. The van der Waals surface area contributed by atoms with Crippen molar-refractivity contribution in [3.8, 4) is 16.9 Å². The highest BCUT2D eigenvalue weighted by atomic mass is 35.5. The molecule has 0 aliphatic carbocycles. The van der Waals surface area contributed by atoms with Crippen LogP contribution in [0.2, 0.25) is 5.02 Å². The lowest BCUT2D eigenvalue weighted by Gasteiger charge is -2.09. The number of esters is 1.